The van der Waals surface area contributed by atoms with Gasteiger partial charge in [0.05, 0.1) is 22.6 Å². The molecule has 0 saturated carbocycles. The van der Waals surface area contributed by atoms with E-state index in [0.717, 1.165) is 37.3 Å². The van der Waals surface area contributed by atoms with Crippen LogP contribution in [-0.4, -0.2) is 16.5 Å². The van der Waals surface area contributed by atoms with Crippen LogP contribution in [0.3, 0.4) is 0 Å². The molecule has 6 heteroatoms. The average molecular weight is 255 g/mol. The minimum atomic E-state index is -4.31. The number of nitrogens with one attached hydrogen (secondary N) is 2. The smallest absolute Gasteiger partial charge is 0.341 e. The molecule has 0 unspecified atom stereocenters. The monoisotopic (exact) mass is 255 g/mol. The number of aromatic amines is 1. The molecule has 1 aromatic heterocycles. The van der Waals surface area contributed by atoms with Crippen LogP contribution in [-0.2, 0) is 6.18 Å². The molecule has 2 N–H and O–H groups in total. The quantitative estimate of drug-likeness (QED) is 0.822. The van der Waals surface area contributed by atoms with Crippen LogP contribution in [0.2, 0.25) is 0 Å². The Hall–Kier alpha value is -1.56. The maximum atomic E-state index is 12.6. The third kappa shape index (κ3) is 1.96. The highest BCUT2D eigenvalue weighted by Gasteiger charge is 2.31. The van der Waals surface area contributed by atoms with Crippen molar-refractivity contribution in [3.05, 3.63) is 29.6 Å². The summed E-state index contributed by atoms with van der Waals surface area (Å²) in [6.45, 7) is 0.926. The first kappa shape index (κ1) is 11.5. The van der Waals surface area contributed by atoms with Crippen LogP contribution in [0.5, 0.6) is 0 Å². The van der Waals surface area contributed by atoms with E-state index in [1.807, 2.05) is 0 Å². The van der Waals surface area contributed by atoms with Crippen LogP contribution < -0.4 is 5.32 Å². The molecule has 2 heterocycles. The molecule has 0 spiro atoms. The van der Waals surface area contributed by atoms with Crippen molar-refractivity contribution in [2.24, 2.45) is 0 Å². The Kier molecular flexibility index (Phi) is 2.55. The predicted octanol–water partition coefficient (Wildman–Crippen LogP) is 3.01. The van der Waals surface area contributed by atoms with Crippen LogP contribution in [0, 0.1) is 0 Å². The van der Waals surface area contributed by atoms with E-state index in [4.69, 9.17) is 0 Å². The lowest BCUT2D eigenvalue weighted by atomic mass is 10.2. The average Bonchev–Trinajstić information content (AvgIpc) is 2.95. The number of aromatic nitrogens is 2. The number of halogens is 3. The van der Waals surface area contributed by atoms with E-state index >= 15 is 0 Å². The van der Waals surface area contributed by atoms with Gasteiger partial charge in [0.15, 0.2) is 0 Å². The van der Waals surface area contributed by atoms with Gasteiger partial charge in [-0.2, -0.15) is 13.2 Å². The van der Waals surface area contributed by atoms with E-state index in [1.165, 1.54) is 6.07 Å². The van der Waals surface area contributed by atoms with Crippen LogP contribution in [0.15, 0.2) is 18.2 Å². The highest BCUT2D eigenvalue weighted by Crippen LogP contribution is 2.31. The number of hydrogen-bond acceptors (Lipinski definition) is 2. The molecule has 3 rings (SSSR count). The maximum Gasteiger partial charge on any atom is 0.416 e. The third-order valence-corrected chi connectivity index (χ3v) is 3.22. The topological polar surface area (TPSA) is 40.7 Å². The van der Waals surface area contributed by atoms with E-state index in [9.17, 15) is 13.2 Å². The van der Waals surface area contributed by atoms with Crippen molar-refractivity contribution in [3.8, 4) is 0 Å². The lowest BCUT2D eigenvalue weighted by Gasteiger charge is -2.05. The summed E-state index contributed by atoms with van der Waals surface area (Å²) < 4.78 is 37.7. The van der Waals surface area contributed by atoms with Crippen molar-refractivity contribution in [1.29, 1.82) is 0 Å². The zero-order valence-electron chi connectivity index (χ0n) is 9.51. The van der Waals surface area contributed by atoms with Crippen molar-refractivity contribution >= 4 is 11.0 Å². The van der Waals surface area contributed by atoms with Gasteiger partial charge in [0.2, 0.25) is 0 Å². The van der Waals surface area contributed by atoms with Crippen LogP contribution in [0.1, 0.15) is 30.3 Å². The minimum Gasteiger partial charge on any atom is -0.341 e. The van der Waals surface area contributed by atoms with E-state index < -0.39 is 11.7 Å². The highest BCUT2D eigenvalue weighted by atomic mass is 19.4. The zero-order valence-corrected chi connectivity index (χ0v) is 9.51. The molecular formula is C12H12F3N3. The number of benzene rings is 1. The molecule has 0 aliphatic carbocycles. The van der Waals surface area contributed by atoms with E-state index in [2.05, 4.69) is 15.3 Å². The summed E-state index contributed by atoms with van der Waals surface area (Å²) in [4.78, 5) is 7.31. The molecule has 1 aromatic carbocycles. The van der Waals surface area contributed by atoms with Crippen LogP contribution in [0.4, 0.5) is 13.2 Å². The predicted molar refractivity (Wildman–Crippen MR) is 61.1 cm³/mol. The molecule has 1 fully saturated rings. The van der Waals surface area contributed by atoms with Crippen molar-refractivity contribution < 1.29 is 13.2 Å². The summed E-state index contributed by atoms with van der Waals surface area (Å²) in [5.41, 5.74) is 0.366. The second-order valence-corrected chi connectivity index (χ2v) is 4.50. The second-order valence-electron chi connectivity index (χ2n) is 4.50. The van der Waals surface area contributed by atoms with Crippen molar-refractivity contribution in [2.75, 3.05) is 6.54 Å². The molecule has 0 amide bonds. The fourth-order valence-electron chi connectivity index (χ4n) is 2.29. The number of fused-ring (bicyclic) bond motifs is 1. The normalized spacial score (nSPS) is 20.7. The zero-order chi connectivity index (χ0) is 12.8. The molecule has 1 aliphatic rings. The van der Waals surface area contributed by atoms with Gasteiger partial charge in [-0.1, -0.05) is 0 Å². The summed E-state index contributed by atoms with van der Waals surface area (Å²) in [6, 6.07) is 3.72. The summed E-state index contributed by atoms with van der Waals surface area (Å²) in [5, 5.41) is 3.26. The highest BCUT2D eigenvalue weighted by molar-refractivity contribution is 5.76. The Balaban J connectivity index is 2.01. The largest absolute Gasteiger partial charge is 0.416 e. The third-order valence-electron chi connectivity index (χ3n) is 3.22. The summed E-state index contributed by atoms with van der Waals surface area (Å²) >= 11 is 0. The van der Waals surface area contributed by atoms with Gasteiger partial charge in [0.1, 0.15) is 5.82 Å². The summed E-state index contributed by atoms with van der Waals surface area (Å²) in [5.74, 6) is 0.724. The van der Waals surface area contributed by atoms with Gasteiger partial charge in [-0.15, -0.1) is 0 Å². The van der Waals surface area contributed by atoms with Gasteiger partial charge in [-0.05, 0) is 37.6 Å². The molecule has 2 aromatic rings. The molecule has 3 nitrogen and oxygen atoms in total. The second kappa shape index (κ2) is 3.98. The van der Waals surface area contributed by atoms with Crippen molar-refractivity contribution in [1.82, 2.24) is 15.3 Å². The molecule has 0 bridgehead atoms. The van der Waals surface area contributed by atoms with Gasteiger partial charge in [-0.3, -0.25) is 0 Å². The van der Waals surface area contributed by atoms with Crippen molar-refractivity contribution in [2.45, 2.75) is 25.1 Å². The number of imidazole rings is 1. The molecule has 1 aliphatic heterocycles. The fraction of sp³-hybridized carbons (Fsp3) is 0.417. The molecule has 18 heavy (non-hydrogen) atoms. The molecule has 0 radical (unpaired) electrons. The maximum absolute atomic E-state index is 12.6. The molecule has 1 saturated heterocycles. The van der Waals surface area contributed by atoms with Gasteiger partial charge >= 0.3 is 6.18 Å². The number of rotatable bonds is 1. The number of alkyl halides is 3. The Morgan fingerprint density at radius 3 is 2.78 bits per heavy atom. The first-order chi connectivity index (χ1) is 8.54. The molecule has 96 valence electrons. The van der Waals surface area contributed by atoms with Gasteiger partial charge in [0.25, 0.3) is 0 Å². The summed E-state index contributed by atoms with van der Waals surface area (Å²) in [6.07, 6.45) is -2.29. The SMILES string of the molecule is FC(F)(F)c1ccc2nc([C@@H]3CCCN3)[nH]c2c1. The number of hydrogen-bond donors (Lipinski definition) is 2. The van der Waals surface area contributed by atoms with Gasteiger partial charge in [0, 0.05) is 0 Å². The van der Waals surface area contributed by atoms with Gasteiger partial charge in [-0.25, -0.2) is 4.98 Å². The lowest BCUT2D eigenvalue weighted by molar-refractivity contribution is -0.137. The number of nitrogens with zero attached hydrogens (tertiary/aromatic N) is 1. The lowest BCUT2D eigenvalue weighted by Crippen LogP contribution is -2.13. The Morgan fingerprint density at radius 2 is 2.11 bits per heavy atom. The van der Waals surface area contributed by atoms with E-state index in [-0.39, 0.29) is 6.04 Å². The fourth-order valence-corrected chi connectivity index (χ4v) is 2.29. The van der Waals surface area contributed by atoms with E-state index in [0.29, 0.717) is 11.0 Å². The standard InChI is InChI=1S/C12H12F3N3/c13-12(14,15)7-3-4-8-10(6-7)18-11(17-8)9-2-1-5-16-9/h3-4,6,9,16H,1-2,5H2,(H,17,18)/t9-/m0/s1. The first-order valence-corrected chi connectivity index (χ1v) is 5.84. The van der Waals surface area contributed by atoms with Crippen LogP contribution >= 0.6 is 0 Å². The molecule has 1 atom stereocenters. The number of H-pyrrole nitrogens is 1. The van der Waals surface area contributed by atoms with Crippen molar-refractivity contribution in [3.63, 3.8) is 0 Å². The van der Waals surface area contributed by atoms with Gasteiger partial charge < -0.3 is 10.3 Å². The Morgan fingerprint density at radius 1 is 1.28 bits per heavy atom. The van der Waals surface area contributed by atoms with E-state index in [1.54, 1.807) is 0 Å². The van der Waals surface area contributed by atoms with Crippen LogP contribution in [0.25, 0.3) is 11.0 Å². The summed E-state index contributed by atoms with van der Waals surface area (Å²) in [7, 11) is 0. The minimum absolute atomic E-state index is 0.131. The Labute approximate surface area is 101 Å². The Bertz CT molecular complexity index is 567. The first-order valence-electron chi connectivity index (χ1n) is 5.84. The molecular weight excluding hydrogens is 243 g/mol.